The maximum absolute atomic E-state index is 10.8. The van der Waals surface area contributed by atoms with E-state index < -0.39 is 5.97 Å². The summed E-state index contributed by atoms with van der Waals surface area (Å²) in [4.78, 5) is 13.0. The van der Waals surface area contributed by atoms with Crippen molar-refractivity contribution in [2.75, 3.05) is 32.8 Å². The van der Waals surface area contributed by atoms with E-state index in [9.17, 15) is 4.79 Å². The van der Waals surface area contributed by atoms with Gasteiger partial charge in [0.1, 0.15) is 5.75 Å². The van der Waals surface area contributed by atoms with Crippen LogP contribution in [0.15, 0.2) is 60.7 Å². The van der Waals surface area contributed by atoms with Crippen LogP contribution in [0.2, 0.25) is 0 Å². The van der Waals surface area contributed by atoms with Gasteiger partial charge in [0.2, 0.25) is 0 Å². The molecule has 1 saturated carbocycles. The molecule has 0 atom stereocenters. The number of likely N-dealkylation sites (tertiary alicyclic amines) is 1. The molecule has 0 radical (unpaired) electrons. The van der Waals surface area contributed by atoms with Gasteiger partial charge >= 0.3 is 5.97 Å². The third-order valence-corrected chi connectivity index (χ3v) is 6.08. The minimum absolute atomic E-state index is 0.0605. The Morgan fingerprint density at radius 2 is 1.78 bits per heavy atom. The van der Waals surface area contributed by atoms with E-state index in [4.69, 9.17) is 15.1 Å². The highest BCUT2D eigenvalue weighted by Crippen LogP contribution is 2.33. The van der Waals surface area contributed by atoms with Crippen LogP contribution in [0, 0.1) is 16.7 Å². The summed E-state index contributed by atoms with van der Waals surface area (Å²) in [5, 5.41) is 21.6. The van der Waals surface area contributed by atoms with Crippen LogP contribution < -0.4 is 10.1 Å². The molecule has 2 N–H and O–H groups in total. The maximum Gasteiger partial charge on any atom is 0.304 e. The lowest BCUT2D eigenvalue weighted by Crippen LogP contribution is -2.48. The van der Waals surface area contributed by atoms with Crippen LogP contribution in [-0.2, 0) is 4.79 Å². The predicted octanol–water partition coefficient (Wildman–Crippen LogP) is 3.93. The topological polar surface area (TPSA) is 85.6 Å². The van der Waals surface area contributed by atoms with Gasteiger partial charge in [-0.05, 0) is 57.0 Å². The first-order valence-corrected chi connectivity index (χ1v) is 11.4. The van der Waals surface area contributed by atoms with Crippen molar-refractivity contribution in [3.63, 3.8) is 0 Å². The van der Waals surface area contributed by atoms with E-state index in [1.807, 2.05) is 48.5 Å². The number of nitrogens with zero attached hydrogens (tertiary/aromatic N) is 2. The molecular formula is C26H33N3O3. The Morgan fingerprint density at radius 3 is 2.34 bits per heavy atom. The van der Waals surface area contributed by atoms with Crippen LogP contribution in [0.4, 0.5) is 0 Å². The van der Waals surface area contributed by atoms with Crippen LogP contribution in [0.25, 0.3) is 0 Å². The molecule has 6 heteroatoms. The lowest BCUT2D eigenvalue weighted by Gasteiger charge is -2.41. The number of hydrogen-bond acceptors (Lipinski definition) is 5. The highest BCUT2D eigenvalue weighted by Gasteiger charge is 2.37. The van der Waals surface area contributed by atoms with Gasteiger partial charge in [0, 0.05) is 24.5 Å². The first-order valence-electron chi connectivity index (χ1n) is 11.4. The molecule has 2 aliphatic rings. The van der Waals surface area contributed by atoms with Gasteiger partial charge in [-0.1, -0.05) is 42.5 Å². The molecule has 0 spiro atoms. The molecule has 0 bridgehead atoms. The third kappa shape index (κ3) is 8.33. The molecule has 0 amide bonds. The van der Waals surface area contributed by atoms with Crippen LogP contribution in [0.1, 0.15) is 37.7 Å². The van der Waals surface area contributed by atoms with Gasteiger partial charge in [0.15, 0.2) is 0 Å². The number of benzene rings is 2. The van der Waals surface area contributed by atoms with Gasteiger partial charge in [0.05, 0.1) is 24.7 Å². The summed E-state index contributed by atoms with van der Waals surface area (Å²) >= 11 is 0. The highest BCUT2D eigenvalue weighted by atomic mass is 16.5. The Bertz CT molecular complexity index is 843. The average molecular weight is 436 g/mol. The number of aliphatic carboxylic acids is 1. The molecule has 170 valence electrons. The van der Waals surface area contributed by atoms with Crippen molar-refractivity contribution in [3.8, 4) is 11.8 Å². The Labute approximate surface area is 190 Å². The van der Waals surface area contributed by atoms with Crippen molar-refractivity contribution in [2.45, 2.75) is 38.1 Å². The molecule has 6 nitrogen and oxygen atoms in total. The second kappa shape index (κ2) is 12.2. The monoisotopic (exact) mass is 435 g/mol. The molecule has 1 heterocycles. The number of carbonyl (C=O) groups is 1. The van der Waals surface area contributed by atoms with Crippen molar-refractivity contribution in [1.82, 2.24) is 10.2 Å². The van der Waals surface area contributed by atoms with Gasteiger partial charge in [-0.15, -0.1) is 0 Å². The number of nitriles is 1. The molecule has 1 aliphatic heterocycles. The average Bonchev–Trinajstić information content (AvgIpc) is 3.67. The molecule has 1 aliphatic carbocycles. The zero-order valence-corrected chi connectivity index (χ0v) is 18.6. The lowest BCUT2D eigenvalue weighted by atomic mass is 9.78. The standard InChI is InChI=1S/C20H27N3O3.C6H6/c21-13-16-2-1-3-18(12-16)26-15-20(14-22-17-4-5-17)7-10-23(11-8-20)9-6-19(24)25;1-2-4-6-5-3-1/h1-3,12,17,22H,4-11,14-15H2,(H,24,25);1-6H. The van der Waals surface area contributed by atoms with E-state index in [2.05, 4.69) is 16.3 Å². The Balaban J connectivity index is 0.000000416. The van der Waals surface area contributed by atoms with E-state index >= 15 is 0 Å². The van der Waals surface area contributed by atoms with Crippen molar-refractivity contribution >= 4 is 5.97 Å². The molecule has 2 aromatic rings. The minimum Gasteiger partial charge on any atom is -0.493 e. The number of hydrogen-bond donors (Lipinski definition) is 2. The largest absolute Gasteiger partial charge is 0.493 e. The first-order chi connectivity index (χ1) is 15.6. The number of nitrogens with one attached hydrogen (secondary N) is 1. The van der Waals surface area contributed by atoms with Gasteiger partial charge < -0.3 is 20.1 Å². The van der Waals surface area contributed by atoms with Gasteiger partial charge in [-0.2, -0.15) is 5.26 Å². The summed E-state index contributed by atoms with van der Waals surface area (Å²) < 4.78 is 6.07. The second-order valence-electron chi connectivity index (χ2n) is 8.72. The normalized spacial score (nSPS) is 17.5. The summed E-state index contributed by atoms with van der Waals surface area (Å²) in [6, 6.07) is 22.1. The van der Waals surface area contributed by atoms with E-state index in [1.165, 1.54) is 12.8 Å². The quantitative estimate of drug-likeness (QED) is 0.621. The summed E-state index contributed by atoms with van der Waals surface area (Å²) in [6.45, 7) is 3.98. The van der Waals surface area contributed by atoms with Gasteiger partial charge in [-0.3, -0.25) is 4.79 Å². The fourth-order valence-corrected chi connectivity index (χ4v) is 3.80. The van der Waals surface area contributed by atoms with Crippen molar-refractivity contribution in [1.29, 1.82) is 5.26 Å². The summed E-state index contributed by atoms with van der Waals surface area (Å²) in [5.41, 5.74) is 0.668. The number of carboxylic acids is 1. The molecule has 0 aromatic heterocycles. The Kier molecular flexibility index (Phi) is 9.09. The predicted molar refractivity (Wildman–Crippen MR) is 124 cm³/mol. The third-order valence-electron chi connectivity index (χ3n) is 6.08. The molecular weight excluding hydrogens is 402 g/mol. The Morgan fingerprint density at radius 1 is 1.12 bits per heavy atom. The molecule has 2 fully saturated rings. The Hall–Kier alpha value is -2.88. The molecule has 0 unspecified atom stereocenters. The van der Waals surface area contributed by atoms with Crippen LogP contribution in [0.3, 0.4) is 0 Å². The van der Waals surface area contributed by atoms with Crippen molar-refractivity contribution in [2.24, 2.45) is 5.41 Å². The SMILES string of the molecule is N#Cc1cccc(OCC2(CNC3CC3)CCN(CCC(=O)O)CC2)c1.c1ccccc1. The second-order valence-corrected chi connectivity index (χ2v) is 8.72. The molecule has 2 aromatic carbocycles. The van der Waals surface area contributed by atoms with E-state index in [0.717, 1.165) is 38.2 Å². The number of ether oxygens (including phenoxy) is 1. The fraction of sp³-hybridized carbons (Fsp3) is 0.462. The molecule has 4 rings (SSSR count). The number of carboxylic acid groups (broad SMARTS) is 1. The van der Waals surface area contributed by atoms with Crippen molar-refractivity contribution in [3.05, 3.63) is 66.2 Å². The zero-order chi connectivity index (χ0) is 22.7. The van der Waals surface area contributed by atoms with Gasteiger partial charge in [-0.25, -0.2) is 0 Å². The maximum atomic E-state index is 10.8. The number of piperidine rings is 1. The fourth-order valence-electron chi connectivity index (χ4n) is 3.80. The summed E-state index contributed by atoms with van der Waals surface area (Å²) in [6.07, 6.45) is 4.69. The van der Waals surface area contributed by atoms with Crippen molar-refractivity contribution < 1.29 is 14.6 Å². The van der Waals surface area contributed by atoms with E-state index in [-0.39, 0.29) is 11.8 Å². The summed E-state index contributed by atoms with van der Waals surface area (Å²) in [5.74, 6) is 0.00102. The van der Waals surface area contributed by atoms with Crippen LogP contribution >= 0.6 is 0 Å². The first kappa shape index (κ1) is 23.8. The van der Waals surface area contributed by atoms with Crippen LogP contribution in [-0.4, -0.2) is 54.8 Å². The smallest absolute Gasteiger partial charge is 0.304 e. The molecule has 32 heavy (non-hydrogen) atoms. The number of rotatable bonds is 9. The van der Waals surface area contributed by atoms with Gasteiger partial charge in [0.25, 0.3) is 0 Å². The van der Waals surface area contributed by atoms with E-state index in [1.54, 1.807) is 12.1 Å². The minimum atomic E-state index is -0.738. The lowest BCUT2D eigenvalue weighted by molar-refractivity contribution is -0.137. The van der Waals surface area contributed by atoms with Crippen LogP contribution in [0.5, 0.6) is 5.75 Å². The highest BCUT2D eigenvalue weighted by molar-refractivity contribution is 5.66. The van der Waals surface area contributed by atoms with E-state index in [0.29, 0.717) is 24.8 Å². The summed E-state index contributed by atoms with van der Waals surface area (Å²) in [7, 11) is 0. The molecule has 1 saturated heterocycles. The zero-order valence-electron chi connectivity index (χ0n) is 18.6.